The van der Waals surface area contributed by atoms with E-state index in [4.69, 9.17) is 34.8 Å². The second-order valence-electron chi connectivity index (χ2n) is 2.78. The molecule has 0 radical (unpaired) electrons. The predicted octanol–water partition coefficient (Wildman–Crippen LogP) is 3.49. The molecule has 2 aromatic rings. The molecular weight excluding hydrogens is 244 g/mol. The SMILES string of the molecule is O=c1c(Cl)c[nH]c2c(Cl)cc(Cl)cc12. The van der Waals surface area contributed by atoms with Crippen LogP contribution in [0.25, 0.3) is 10.9 Å². The largest absolute Gasteiger partial charge is 0.358 e. The van der Waals surface area contributed by atoms with Crippen LogP contribution in [-0.4, -0.2) is 4.98 Å². The molecule has 5 heteroatoms. The third-order valence-electron chi connectivity index (χ3n) is 1.86. The van der Waals surface area contributed by atoms with E-state index in [2.05, 4.69) is 4.98 Å². The van der Waals surface area contributed by atoms with Crippen molar-refractivity contribution in [3.63, 3.8) is 0 Å². The first kappa shape index (κ1) is 9.84. The van der Waals surface area contributed by atoms with Crippen LogP contribution < -0.4 is 5.43 Å². The number of H-pyrrole nitrogens is 1. The highest BCUT2D eigenvalue weighted by Gasteiger charge is 2.07. The topological polar surface area (TPSA) is 32.9 Å². The van der Waals surface area contributed by atoms with E-state index < -0.39 is 0 Å². The van der Waals surface area contributed by atoms with Crippen molar-refractivity contribution in [2.24, 2.45) is 0 Å². The van der Waals surface area contributed by atoms with E-state index in [1.807, 2.05) is 0 Å². The maximum Gasteiger partial charge on any atom is 0.208 e. The van der Waals surface area contributed by atoms with Gasteiger partial charge in [-0.2, -0.15) is 0 Å². The third kappa shape index (κ3) is 1.50. The summed E-state index contributed by atoms with van der Waals surface area (Å²) in [6, 6.07) is 3.10. The quantitative estimate of drug-likeness (QED) is 0.760. The maximum absolute atomic E-state index is 11.6. The van der Waals surface area contributed by atoms with Crippen LogP contribution in [0.5, 0.6) is 0 Å². The number of nitrogens with one attached hydrogen (secondary N) is 1. The number of benzene rings is 1. The fourth-order valence-electron chi connectivity index (χ4n) is 1.23. The fourth-order valence-corrected chi connectivity index (χ4v) is 1.93. The summed E-state index contributed by atoms with van der Waals surface area (Å²) in [7, 11) is 0. The van der Waals surface area contributed by atoms with Gasteiger partial charge in [0.15, 0.2) is 0 Å². The summed E-state index contributed by atoms with van der Waals surface area (Å²) in [6.07, 6.45) is 1.41. The minimum Gasteiger partial charge on any atom is -0.358 e. The zero-order chi connectivity index (χ0) is 10.3. The lowest BCUT2D eigenvalue weighted by atomic mass is 10.2. The minimum absolute atomic E-state index is 0.121. The zero-order valence-corrected chi connectivity index (χ0v) is 9.04. The van der Waals surface area contributed by atoms with Crippen molar-refractivity contribution in [3.05, 3.63) is 43.6 Å². The predicted molar refractivity (Wildman–Crippen MR) is 59.6 cm³/mol. The van der Waals surface area contributed by atoms with Crippen molar-refractivity contribution in [2.75, 3.05) is 0 Å². The minimum atomic E-state index is -0.273. The van der Waals surface area contributed by atoms with E-state index in [0.29, 0.717) is 20.9 Å². The number of hydrogen-bond acceptors (Lipinski definition) is 1. The number of hydrogen-bond donors (Lipinski definition) is 1. The molecule has 0 unspecified atom stereocenters. The Balaban J connectivity index is 3.03. The lowest BCUT2D eigenvalue weighted by molar-refractivity contribution is 1.39. The van der Waals surface area contributed by atoms with Gasteiger partial charge in [-0.05, 0) is 12.1 Å². The molecular formula is C9H4Cl3NO. The van der Waals surface area contributed by atoms with Crippen molar-refractivity contribution < 1.29 is 0 Å². The molecule has 0 bridgehead atoms. The van der Waals surface area contributed by atoms with E-state index in [0.717, 1.165) is 0 Å². The first-order valence-corrected chi connectivity index (χ1v) is 4.89. The van der Waals surface area contributed by atoms with Crippen LogP contribution in [0.4, 0.5) is 0 Å². The molecule has 0 saturated heterocycles. The summed E-state index contributed by atoms with van der Waals surface area (Å²) in [5.74, 6) is 0. The highest BCUT2D eigenvalue weighted by Crippen LogP contribution is 2.24. The average molecular weight is 248 g/mol. The van der Waals surface area contributed by atoms with E-state index in [-0.39, 0.29) is 10.5 Å². The molecule has 0 amide bonds. The Morgan fingerprint density at radius 1 is 1.07 bits per heavy atom. The van der Waals surface area contributed by atoms with Gasteiger partial charge in [-0.1, -0.05) is 34.8 Å². The number of fused-ring (bicyclic) bond motifs is 1. The molecule has 0 aliphatic rings. The van der Waals surface area contributed by atoms with Crippen LogP contribution in [0.1, 0.15) is 0 Å². The van der Waals surface area contributed by atoms with Gasteiger partial charge in [0.2, 0.25) is 5.43 Å². The molecule has 0 spiro atoms. The van der Waals surface area contributed by atoms with Gasteiger partial charge in [-0.3, -0.25) is 4.79 Å². The Labute approximate surface area is 94.4 Å². The summed E-state index contributed by atoms with van der Waals surface area (Å²) in [5, 5.41) is 1.34. The summed E-state index contributed by atoms with van der Waals surface area (Å²) >= 11 is 17.3. The summed E-state index contributed by atoms with van der Waals surface area (Å²) in [5.41, 5.74) is 0.273. The van der Waals surface area contributed by atoms with Gasteiger partial charge in [0.1, 0.15) is 5.02 Å². The molecule has 2 nitrogen and oxygen atoms in total. The molecule has 1 N–H and O–H groups in total. The lowest BCUT2D eigenvalue weighted by Crippen LogP contribution is -2.03. The maximum atomic E-state index is 11.6. The van der Waals surface area contributed by atoms with E-state index in [1.54, 1.807) is 6.07 Å². The monoisotopic (exact) mass is 247 g/mol. The van der Waals surface area contributed by atoms with Gasteiger partial charge in [0.05, 0.1) is 15.9 Å². The van der Waals surface area contributed by atoms with E-state index in [9.17, 15) is 4.79 Å². The van der Waals surface area contributed by atoms with Crippen LogP contribution in [-0.2, 0) is 0 Å². The van der Waals surface area contributed by atoms with Crippen LogP contribution in [0.15, 0.2) is 23.1 Å². The molecule has 0 aliphatic carbocycles. The van der Waals surface area contributed by atoms with Crippen molar-refractivity contribution in [1.29, 1.82) is 0 Å². The number of pyridine rings is 1. The van der Waals surface area contributed by atoms with Gasteiger partial charge >= 0.3 is 0 Å². The van der Waals surface area contributed by atoms with Crippen molar-refractivity contribution in [1.82, 2.24) is 4.98 Å². The van der Waals surface area contributed by atoms with E-state index >= 15 is 0 Å². The molecule has 0 fully saturated rings. The molecule has 1 aromatic carbocycles. The Morgan fingerprint density at radius 3 is 2.50 bits per heavy atom. The van der Waals surface area contributed by atoms with Crippen molar-refractivity contribution in [3.8, 4) is 0 Å². The van der Waals surface area contributed by atoms with Crippen molar-refractivity contribution >= 4 is 45.7 Å². The normalized spacial score (nSPS) is 10.8. The van der Waals surface area contributed by atoms with Gasteiger partial charge < -0.3 is 4.98 Å². The Morgan fingerprint density at radius 2 is 1.79 bits per heavy atom. The Hall–Kier alpha value is -0.700. The Kier molecular flexibility index (Phi) is 2.43. The number of aromatic nitrogens is 1. The Bertz CT molecular complexity index is 562. The van der Waals surface area contributed by atoms with Gasteiger partial charge in [-0.25, -0.2) is 0 Å². The highest BCUT2D eigenvalue weighted by molar-refractivity contribution is 6.38. The molecule has 0 atom stereocenters. The summed E-state index contributed by atoms with van der Waals surface area (Å²) in [6.45, 7) is 0. The number of rotatable bonds is 0. The van der Waals surface area contributed by atoms with Gasteiger partial charge in [0.25, 0.3) is 0 Å². The number of aromatic amines is 1. The molecule has 0 aliphatic heterocycles. The first-order valence-electron chi connectivity index (χ1n) is 3.75. The van der Waals surface area contributed by atoms with Gasteiger partial charge in [-0.15, -0.1) is 0 Å². The molecule has 1 heterocycles. The first-order chi connectivity index (χ1) is 6.59. The molecule has 72 valence electrons. The molecule has 2 rings (SSSR count). The van der Waals surface area contributed by atoms with Crippen LogP contribution in [0.2, 0.25) is 15.1 Å². The van der Waals surface area contributed by atoms with Crippen LogP contribution >= 0.6 is 34.8 Å². The van der Waals surface area contributed by atoms with Crippen molar-refractivity contribution in [2.45, 2.75) is 0 Å². The average Bonchev–Trinajstić information content (AvgIpc) is 2.12. The molecule has 1 aromatic heterocycles. The third-order valence-corrected chi connectivity index (χ3v) is 2.66. The smallest absolute Gasteiger partial charge is 0.208 e. The van der Waals surface area contributed by atoms with Gasteiger partial charge in [0, 0.05) is 11.2 Å². The molecule has 14 heavy (non-hydrogen) atoms. The summed E-state index contributed by atoms with van der Waals surface area (Å²) < 4.78 is 0. The lowest BCUT2D eigenvalue weighted by Gasteiger charge is -2.01. The second-order valence-corrected chi connectivity index (χ2v) is 4.03. The zero-order valence-electron chi connectivity index (χ0n) is 6.77. The highest BCUT2D eigenvalue weighted by atomic mass is 35.5. The van der Waals surface area contributed by atoms with Crippen LogP contribution in [0.3, 0.4) is 0 Å². The standard InChI is InChI=1S/C9H4Cl3NO/c10-4-1-5-8(6(11)2-4)13-3-7(12)9(5)14/h1-3H,(H,13,14). The summed E-state index contributed by atoms with van der Waals surface area (Å²) in [4.78, 5) is 14.4. The second kappa shape index (κ2) is 3.46. The number of halogens is 3. The fraction of sp³-hybridized carbons (Fsp3) is 0. The van der Waals surface area contributed by atoms with Crippen LogP contribution in [0, 0.1) is 0 Å². The molecule has 0 saturated carbocycles. The van der Waals surface area contributed by atoms with E-state index in [1.165, 1.54) is 12.3 Å².